The summed E-state index contributed by atoms with van der Waals surface area (Å²) in [6, 6.07) is 10.5. The first kappa shape index (κ1) is 13.1. The third kappa shape index (κ3) is 2.74. The van der Waals surface area contributed by atoms with Gasteiger partial charge in [-0.2, -0.15) is 0 Å². The van der Waals surface area contributed by atoms with Crippen LogP contribution in [0.15, 0.2) is 30.3 Å². The van der Waals surface area contributed by atoms with Gasteiger partial charge in [0.2, 0.25) is 5.91 Å². The smallest absolute Gasteiger partial charge is 0.226 e. The van der Waals surface area contributed by atoms with Crippen LogP contribution in [-0.4, -0.2) is 17.4 Å². The minimum atomic E-state index is 0.213. The average molecular weight is 245 g/mol. The van der Waals surface area contributed by atoms with Crippen LogP contribution in [0.3, 0.4) is 0 Å². The second kappa shape index (κ2) is 6.03. The lowest BCUT2D eigenvalue weighted by atomic mass is 10.0. The van der Waals surface area contributed by atoms with Crippen molar-refractivity contribution in [2.75, 3.05) is 6.54 Å². The van der Waals surface area contributed by atoms with Gasteiger partial charge in [-0.3, -0.25) is 4.79 Å². The van der Waals surface area contributed by atoms with Crippen molar-refractivity contribution in [3.05, 3.63) is 35.9 Å². The Labute approximate surface area is 110 Å². The van der Waals surface area contributed by atoms with Crippen LogP contribution in [0.25, 0.3) is 0 Å². The van der Waals surface area contributed by atoms with Crippen LogP contribution in [0.2, 0.25) is 0 Å². The van der Waals surface area contributed by atoms with Gasteiger partial charge < -0.3 is 4.90 Å². The average Bonchev–Trinajstić information content (AvgIpc) is 2.78. The molecule has 98 valence electrons. The van der Waals surface area contributed by atoms with Crippen molar-refractivity contribution in [3.8, 4) is 0 Å². The van der Waals surface area contributed by atoms with E-state index in [2.05, 4.69) is 30.9 Å². The molecule has 2 nitrogen and oxygen atoms in total. The van der Waals surface area contributed by atoms with Gasteiger partial charge in [0.25, 0.3) is 0 Å². The van der Waals surface area contributed by atoms with Crippen LogP contribution < -0.4 is 0 Å². The normalized spacial score (nSPS) is 21.3. The van der Waals surface area contributed by atoms with Gasteiger partial charge in [0.15, 0.2) is 0 Å². The van der Waals surface area contributed by atoms with Gasteiger partial charge in [-0.1, -0.05) is 50.1 Å². The molecule has 0 saturated carbocycles. The molecule has 1 saturated heterocycles. The number of carbonyl (C=O) groups excluding carboxylic acids is 1. The zero-order valence-electron chi connectivity index (χ0n) is 11.4. The number of unbranched alkanes of at least 4 members (excludes halogenated alkanes) is 1. The van der Waals surface area contributed by atoms with Crippen molar-refractivity contribution in [2.24, 2.45) is 5.92 Å². The Balaban J connectivity index is 2.00. The van der Waals surface area contributed by atoms with Gasteiger partial charge in [0, 0.05) is 12.5 Å². The maximum Gasteiger partial charge on any atom is 0.226 e. The minimum absolute atomic E-state index is 0.213. The number of amides is 1. The number of rotatable bonds is 5. The van der Waals surface area contributed by atoms with Crippen LogP contribution in [0.4, 0.5) is 0 Å². The summed E-state index contributed by atoms with van der Waals surface area (Å²) >= 11 is 0. The van der Waals surface area contributed by atoms with E-state index in [9.17, 15) is 4.79 Å². The largest absolute Gasteiger partial charge is 0.336 e. The lowest BCUT2D eigenvalue weighted by Gasteiger charge is -2.25. The Kier molecular flexibility index (Phi) is 4.40. The lowest BCUT2D eigenvalue weighted by molar-refractivity contribution is -0.132. The highest BCUT2D eigenvalue weighted by atomic mass is 16.2. The molecule has 1 aromatic rings. The highest BCUT2D eigenvalue weighted by Gasteiger charge is 2.33. The summed E-state index contributed by atoms with van der Waals surface area (Å²) in [6.07, 6.45) is 4.45. The number of hydrogen-bond donors (Lipinski definition) is 0. The third-order valence-corrected chi connectivity index (χ3v) is 4.01. The molecule has 0 bridgehead atoms. The lowest BCUT2D eigenvalue weighted by Crippen LogP contribution is -2.30. The summed E-state index contributed by atoms with van der Waals surface area (Å²) in [7, 11) is 0. The maximum absolute atomic E-state index is 12.4. The summed E-state index contributed by atoms with van der Waals surface area (Å²) in [5.74, 6) is 0.635. The van der Waals surface area contributed by atoms with Crippen LogP contribution >= 0.6 is 0 Å². The van der Waals surface area contributed by atoms with E-state index in [1.54, 1.807) is 0 Å². The summed E-state index contributed by atoms with van der Waals surface area (Å²) in [5, 5.41) is 0. The molecular weight excluding hydrogens is 222 g/mol. The molecule has 0 unspecified atom stereocenters. The second-order valence-electron chi connectivity index (χ2n) is 5.25. The van der Waals surface area contributed by atoms with Gasteiger partial charge in [-0.15, -0.1) is 0 Å². The first-order chi connectivity index (χ1) is 8.74. The molecule has 2 heteroatoms. The zero-order chi connectivity index (χ0) is 13.0. The monoisotopic (exact) mass is 245 g/mol. The SMILES string of the molecule is CCCC[C@H]1CCN([C@H](C)c2ccccc2)C1=O. The molecule has 2 rings (SSSR count). The molecule has 0 aromatic heterocycles. The molecule has 0 aliphatic carbocycles. The van der Waals surface area contributed by atoms with Crippen LogP contribution in [0.1, 0.15) is 51.1 Å². The molecule has 2 atom stereocenters. The molecule has 0 spiro atoms. The Morgan fingerprint density at radius 1 is 1.33 bits per heavy atom. The van der Waals surface area contributed by atoms with E-state index in [0.717, 1.165) is 19.4 Å². The van der Waals surface area contributed by atoms with Gasteiger partial charge in [-0.05, 0) is 25.3 Å². The van der Waals surface area contributed by atoms with Gasteiger partial charge in [0.05, 0.1) is 6.04 Å². The topological polar surface area (TPSA) is 20.3 Å². The highest BCUT2D eigenvalue weighted by molar-refractivity contribution is 5.81. The minimum Gasteiger partial charge on any atom is -0.336 e. The van der Waals surface area contributed by atoms with Crippen LogP contribution in [0, 0.1) is 5.92 Å². The Bertz CT molecular complexity index is 387. The van der Waals surface area contributed by atoms with Crippen LogP contribution in [-0.2, 0) is 4.79 Å². The molecule has 1 heterocycles. The van der Waals surface area contributed by atoms with E-state index in [4.69, 9.17) is 0 Å². The Morgan fingerprint density at radius 3 is 2.72 bits per heavy atom. The number of benzene rings is 1. The maximum atomic E-state index is 12.4. The quantitative estimate of drug-likeness (QED) is 0.773. The molecule has 1 aliphatic heterocycles. The van der Waals surface area contributed by atoms with Gasteiger partial charge in [-0.25, -0.2) is 0 Å². The Morgan fingerprint density at radius 2 is 2.06 bits per heavy atom. The molecule has 1 aliphatic rings. The zero-order valence-corrected chi connectivity index (χ0v) is 11.4. The van der Waals surface area contributed by atoms with Crippen molar-refractivity contribution in [1.29, 1.82) is 0 Å². The predicted molar refractivity (Wildman–Crippen MR) is 74.2 cm³/mol. The van der Waals surface area contributed by atoms with Gasteiger partial charge >= 0.3 is 0 Å². The van der Waals surface area contributed by atoms with E-state index in [-0.39, 0.29) is 12.0 Å². The molecule has 1 aromatic carbocycles. The molecule has 1 fully saturated rings. The van der Waals surface area contributed by atoms with Crippen molar-refractivity contribution in [3.63, 3.8) is 0 Å². The van der Waals surface area contributed by atoms with Crippen molar-refractivity contribution < 1.29 is 4.79 Å². The second-order valence-corrected chi connectivity index (χ2v) is 5.25. The first-order valence-corrected chi connectivity index (χ1v) is 7.09. The Hall–Kier alpha value is -1.31. The number of nitrogens with zero attached hydrogens (tertiary/aromatic N) is 1. The van der Waals surface area contributed by atoms with E-state index in [1.807, 2.05) is 18.2 Å². The highest BCUT2D eigenvalue weighted by Crippen LogP contribution is 2.30. The first-order valence-electron chi connectivity index (χ1n) is 7.09. The number of likely N-dealkylation sites (tertiary alicyclic amines) is 1. The number of carbonyl (C=O) groups is 1. The van der Waals surface area contributed by atoms with E-state index >= 15 is 0 Å². The fraction of sp³-hybridized carbons (Fsp3) is 0.562. The molecular formula is C16H23NO. The van der Waals surface area contributed by atoms with Crippen LogP contribution in [0.5, 0.6) is 0 Å². The summed E-state index contributed by atoms with van der Waals surface area (Å²) in [5.41, 5.74) is 1.24. The van der Waals surface area contributed by atoms with Crippen molar-refractivity contribution in [2.45, 2.75) is 45.6 Å². The molecule has 1 amide bonds. The van der Waals surface area contributed by atoms with Gasteiger partial charge in [0.1, 0.15) is 0 Å². The summed E-state index contributed by atoms with van der Waals surface area (Å²) in [4.78, 5) is 14.4. The molecule has 18 heavy (non-hydrogen) atoms. The van der Waals surface area contributed by atoms with Crippen molar-refractivity contribution >= 4 is 5.91 Å². The van der Waals surface area contributed by atoms with E-state index in [0.29, 0.717) is 5.91 Å². The van der Waals surface area contributed by atoms with E-state index < -0.39 is 0 Å². The summed E-state index contributed by atoms with van der Waals surface area (Å²) < 4.78 is 0. The number of hydrogen-bond acceptors (Lipinski definition) is 1. The molecule has 0 radical (unpaired) electrons. The standard InChI is InChI=1S/C16H23NO/c1-3-4-8-15-11-12-17(16(15)18)13(2)14-9-6-5-7-10-14/h5-7,9-10,13,15H,3-4,8,11-12H2,1-2H3/t13-,15+/m1/s1. The summed E-state index contributed by atoms with van der Waals surface area (Å²) in [6.45, 7) is 5.24. The van der Waals surface area contributed by atoms with Crippen molar-refractivity contribution in [1.82, 2.24) is 4.90 Å². The predicted octanol–water partition coefficient (Wildman–Crippen LogP) is 3.79. The van der Waals surface area contributed by atoms with E-state index in [1.165, 1.54) is 18.4 Å². The fourth-order valence-corrected chi connectivity index (χ4v) is 2.78. The third-order valence-electron chi connectivity index (χ3n) is 4.01. The fourth-order valence-electron chi connectivity index (χ4n) is 2.78. The molecule has 0 N–H and O–H groups in total.